The van der Waals surface area contributed by atoms with Crippen LogP contribution in [0.15, 0.2) is 22.7 Å². The average molecular weight is 327 g/mol. The quantitative estimate of drug-likeness (QED) is 0.656. The van der Waals surface area contributed by atoms with Gasteiger partial charge in [0.1, 0.15) is 0 Å². The molecule has 1 atom stereocenters. The first-order valence-corrected chi connectivity index (χ1v) is 7.53. The highest BCUT2D eigenvalue weighted by Gasteiger charge is 2.21. The molecule has 1 saturated carbocycles. The van der Waals surface area contributed by atoms with Crippen molar-refractivity contribution in [1.82, 2.24) is 5.32 Å². The van der Waals surface area contributed by atoms with E-state index in [-0.39, 0.29) is 10.6 Å². The van der Waals surface area contributed by atoms with Gasteiger partial charge in [0.2, 0.25) is 0 Å². The Morgan fingerprint density at radius 1 is 1.42 bits per heavy atom. The molecule has 2 rings (SSSR count). The van der Waals surface area contributed by atoms with Crippen molar-refractivity contribution in [2.45, 2.75) is 45.2 Å². The molecule has 1 N–H and O–H groups in total. The molecule has 1 aliphatic rings. The highest BCUT2D eigenvalue weighted by Crippen LogP contribution is 2.28. The zero-order valence-corrected chi connectivity index (χ0v) is 12.6. The molecular weight excluding hydrogens is 308 g/mol. The third kappa shape index (κ3) is 4.01. The van der Waals surface area contributed by atoms with E-state index < -0.39 is 0 Å². The van der Waals surface area contributed by atoms with Gasteiger partial charge in [0.15, 0.2) is 0 Å². The van der Waals surface area contributed by atoms with Crippen molar-refractivity contribution in [2.75, 3.05) is 0 Å². The van der Waals surface area contributed by atoms with Crippen LogP contribution in [0.3, 0.4) is 0 Å². The average Bonchev–Trinajstić information content (AvgIpc) is 2.89. The van der Waals surface area contributed by atoms with Crippen molar-refractivity contribution < 1.29 is 4.92 Å². The van der Waals surface area contributed by atoms with Crippen molar-refractivity contribution in [3.05, 3.63) is 38.3 Å². The van der Waals surface area contributed by atoms with Crippen LogP contribution < -0.4 is 5.32 Å². The van der Waals surface area contributed by atoms with E-state index in [2.05, 4.69) is 28.2 Å². The fourth-order valence-corrected chi connectivity index (χ4v) is 3.27. The maximum atomic E-state index is 10.8. The second kappa shape index (κ2) is 6.48. The minimum Gasteiger partial charge on any atom is -0.310 e. The van der Waals surface area contributed by atoms with Crippen molar-refractivity contribution in [3.8, 4) is 0 Å². The fourth-order valence-electron chi connectivity index (χ4n) is 2.74. The highest BCUT2D eigenvalue weighted by atomic mass is 79.9. The van der Waals surface area contributed by atoms with Gasteiger partial charge in [-0.25, -0.2) is 0 Å². The molecule has 0 heterocycles. The first-order valence-electron chi connectivity index (χ1n) is 6.73. The Balaban J connectivity index is 1.96. The Morgan fingerprint density at radius 2 is 2.11 bits per heavy atom. The number of halogens is 1. The molecule has 4 nitrogen and oxygen atoms in total. The number of nitrogens with zero attached hydrogens (tertiary/aromatic N) is 1. The molecule has 1 aromatic rings. The van der Waals surface area contributed by atoms with Crippen LogP contribution in [0.25, 0.3) is 0 Å². The van der Waals surface area contributed by atoms with Crippen LogP contribution in [0.4, 0.5) is 5.69 Å². The Kier molecular flexibility index (Phi) is 4.93. The molecule has 0 aliphatic heterocycles. The first-order chi connectivity index (χ1) is 9.06. The van der Waals surface area contributed by atoms with E-state index in [1.54, 1.807) is 6.07 Å². The van der Waals surface area contributed by atoms with Gasteiger partial charge in [-0.3, -0.25) is 10.1 Å². The lowest BCUT2D eigenvalue weighted by atomic mass is 9.99. The number of non-ortho nitro benzene ring substituents is 1. The fraction of sp³-hybridized carbons (Fsp3) is 0.571. The third-order valence-electron chi connectivity index (χ3n) is 3.89. The molecule has 5 heteroatoms. The summed E-state index contributed by atoms with van der Waals surface area (Å²) in [6, 6.07) is 5.57. The van der Waals surface area contributed by atoms with Crippen LogP contribution in [0.5, 0.6) is 0 Å². The van der Waals surface area contributed by atoms with E-state index in [9.17, 15) is 10.1 Å². The Labute approximate surface area is 121 Å². The molecule has 1 unspecified atom stereocenters. The van der Waals surface area contributed by atoms with Crippen LogP contribution in [0.1, 0.15) is 38.2 Å². The van der Waals surface area contributed by atoms with Crippen LogP contribution in [0, 0.1) is 16.0 Å². The van der Waals surface area contributed by atoms with Crippen molar-refractivity contribution in [2.24, 2.45) is 5.92 Å². The molecule has 0 spiro atoms. The zero-order valence-electron chi connectivity index (χ0n) is 11.1. The monoisotopic (exact) mass is 326 g/mol. The van der Waals surface area contributed by atoms with Gasteiger partial charge >= 0.3 is 0 Å². The van der Waals surface area contributed by atoms with Gasteiger partial charge in [-0.05, 0) is 37.3 Å². The standard InChI is InChI=1S/C14H19BrN2O2/c1-10(12-4-2-3-5-12)16-9-11-6-13(15)8-14(7-11)17(18)19/h6-8,10,12,16H,2-5,9H2,1H3. The number of nitro benzene ring substituents is 1. The van der Waals surface area contributed by atoms with Crippen LogP contribution in [0.2, 0.25) is 0 Å². The molecule has 1 aliphatic carbocycles. The smallest absolute Gasteiger partial charge is 0.270 e. The van der Waals surface area contributed by atoms with Crippen molar-refractivity contribution >= 4 is 21.6 Å². The van der Waals surface area contributed by atoms with Gasteiger partial charge in [-0.15, -0.1) is 0 Å². The third-order valence-corrected chi connectivity index (χ3v) is 4.35. The highest BCUT2D eigenvalue weighted by molar-refractivity contribution is 9.10. The van der Waals surface area contributed by atoms with Crippen molar-refractivity contribution in [1.29, 1.82) is 0 Å². The molecule has 0 bridgehead atoms. The predicted molar refractivity (Wildman–Crippen MR) is 79.1 cm³/mol. The normalized spacial score (nSPS) is 17.6. The minimum absolute atomic E-state index is 0.139. The molecule has 0 aromatic heterocycles. The van der Waals surface area contributed by atoms with Crippen LogP contribution >= 0.6 is 15.9 Å². The number of nitro groups is 1. The van der Waals surface area contributed by atoms with Gasteiger partial charge in [-0.2, -0.15) is 0 Å². The van der Waals surface area contributed by atoms with Gasteiger partial charge in [0.05, 0.1) is 4.92 Å². The maximum absolute atomic E-state index is 10.8. The lowest BCUT2D eigenvalue weighted by Crippen LogP contribution is -2.31. The Bertz CT molecular complexity index is 459. The Morgan fingerprint density at radius 3 is 2.74 bits per heavy atom. The van der Waals surface area contributed by atoms with E-state index in [1.165, 1.54) is 31.7 Å². The number of hydrogen-bond donors (Lipinski definition) is 1. The molecule has 0 amide bonds. The van der Waals surface area contributed by atoms with Gasteiger partial charge < -0.3 is 5.32 Å². The summed E-state index contributed by atoms with van der Waals surface area (Å²) in [7, 11) is 0. The molecular formula is C14H19BrN2O2. The van der Waals surface area contributed by atoms with E-state index >= 15 is 0 Å². The maximum Gasteiger partial charge on any atom is 0.270 e. The number of hydrogen-bond acceptors (Lipinski definition) is 3. The molecule has 104 valence electrons. The SMILES string of the molecule is CC(NCc1cc(Br)cc([N+](=O)[O-])c1)C1CCCC1. The summed E-state index contributed by atoms with van der Waals surface area (Å²) in [5.41, 5.74) is 1.09. The second-order valence-corrected chi connectivity index (χ2v) is 6.20. The lowest BCUT2D eigenvalue weighted by Gasteiger charge is -2.20. The largest absolute Gasteiger partial charge is 0.310 e. The van der Waals surface area contributed by atoms with Gasteiger partial charge in [0.25, 0.3) is 5.69 Å². The van der Waals surface area contributed by atoms with Crippen LogP contribution in [-0.4, -0.2) is 11.0 Å². The summed E-state index contributed by atoms with van der Waals surface area (Å²) in [6.45, 7) is 2.89. The predicted octanol–water partition coefficient (Wildman–Crippen LogP) is 4.03. The summed E-state index contributed by atoms with van der Waals surface area (Å²) < 4.78 is 0.756. The lowest BCUT2D eigenvalue weighted by molar-refractivity contribution is -0.385. The first kappa shape index (κ1) is 14.5. The minimum atomic E-state index is -0.353. The number of benzene rings is 1. The second-order valence-electron chi connectivity index (χ2n) is 5.29. The van der Waals surface area contributed by atoms with Crippen molar-refractivity contribution in [3.63, 3.8) is 0 Å². The number of rotatable bonds is 5. The number of nitrogens with one attached hydrogen (secondary N) is 1. The van der Waals surface area contributed by atoms with E-state index in [4.69, 9.17) is 0 Å². The molecule has 0 saturated heterocycles. The van der Waals surface area contributed by atoms with E-state index in [0.29, 0.717) is 12.6 Å². The zero-order chi connectivity index (χ0) is 13.8. The summed E-state index contributed by atoms with van der Waals surface area (Å²) >= 11 is 3.32. The van der Waals surface area contributed by atoms with Gasteiger partial charge in [-0.1, -0.05) is 28.8 Å². The summed E-state index contributed by atoms with van der Waals surface area (Å²) in [5, 5.41) is 14.3. The van der Waals surface area contributed by atoms with E-state index in [1.807, 2.05) is 6.07 Å². The molecule has 1 fully saturated rings. The summed E-state index contributed by atoms with van der Waals surface area (Å²) in [5.74, 6) is 0.752. The molecule has 19 heavy (non-hydrogen) atoms. The van der Waals surface area contributed by atoms with Crippen LogP contribution in [-0.2, 0) is 6.54 Å². The molecule has 1 aromatic carbocycles. The van der Waals surface area contributed by atoms with E-state index in [0.717, 1.165) is 16.0 Å². The molecule has 0 radical (unpaired) electrons. The topological polar surface area (TPSA) is 55.2 Å². The summed E-state index contributed by atoms with van der Waals surface area (Å²) in [6.07, 6.45) is 5.26. The van der Waals surface area contributed by atoms with Gasteiger partial charge in [0, 0.05) is 29.2 Å². The Hall–Kier alpha value is -0.940. The summed E-state index contributed by atoms with van der Waals surface area (Å²) in [4.78, 5) is 10.5.